The van der Waals surface area contributed by atoms with Gasteiger partial charge < -0.3 is 25.0 Å². The van der Waals surface area contributed by atoms with Gasteiger partial charge in [-0.1, -0.05) is 19.1 Å². The van der Waals surface area contributed by atoms with Crippen LogP contribution in [0.4, 0.5) is 0 Å². The van der Waals surface area contributed by atoms with E-state index in [2.05, 4.69) is 43.5 Å². The van der Waals surface area contributed by atoms with Crippen molar-refractivity contribution in [3.63, 3.8) is 0 Å². The smallest absolute Gasteiger partial charge is 0.241 e. The highest BCUT2D eigenvalue weighted by Gasteiger charge is 2.19. The molecular formula is C21H35IN4O3. The molecule has 1 amide bonds. The van der Waals surface area contributed by atoms with E-state index in [-0.39, 0.29) is 48.6 Å². The van der Waals surface area contributed by atoms with Crippen LogP contribution in [0.2, 0.25) is 0 Å². The van der Waals surface area contributed by atoms with Gasteiger partial charge in [0, 0.05) is 32.1 Å². The number of carbonyl (C=O) groups is 1. The molecule has 2 atom stereocenters. The van der Waals surface area contributed by atoms with Gasteiger partial charge in [0.25, 0.3) is 0 Å². The van der Waals surface area contributed by atoms with E-state index in [0.717, 1.165) is 36.3 Å². The second-order valence-electron chi connectivity index (χ2n) is 7.47. The lowest BCUT2D eigenvalue weighted by Crippen LogP contribution is -2.45. The number of likely N-dealkylation sites (N-methyl/N-ethyl adjacent to an activating group) is 1. The molecule has 2 N–H and O–H groups in total. The molecule has 1 heterocycles. The summed E-state index contributed by atoms with van der Waals surface area (Å²) < 4.78 is 11.6. The van der Waals surface area contributed by atoms with E-state index >= 15 is 0 Å². The molecule has 29 heavy (non-hydrogen) atoms. The fourth-order valence-corrected chi connectivity index (χ4v) is 2.66. The van der Waals surface area contributed by atoms with Crippen LogP contribution in [0.25, 0.3) is 0 Å². The van der Waals surface area contributed by atoms with Crippen LogP contribution in [0.15, 0.2) is 23.2 Å². The molecule has 0 radical (unpaired) electrons. The topological polar surface area (TPSA) is 75.2 Å². The molecule has 1 aliphatic heterocycles. The molecule has 0 aromatic heterocycles. The van der Waals surface area contributed by atoms with Crippen molar-refractivity contribution in [2.75, 3.05) is 33.9 Å². The van der Waals surface area contributed by atoms with Crippen molar-refractivity contribution >= 4 is 35.8 Å². The Morgan fingerprint density at radius 3 is 2.79 bits per heavy atom. The zero-order valence-corrected chi connectivity index (χ0v) is 20.5. The van der Waals surface area contributed by atoms with Crippen molar-refractivity contribution < 1.29 is 14.3 Å². The quantitative estimate of drug-likeness (QED) is 0.315. The fourth-order valence-electron chi connectivity index (χ4n) is 2.66. The highest BCUT2D eigenvalue weighted by atomic mass is 127. The van der Waals surface area contributed by atoms with Crippen molar-refractivity contribution in [2.45, 2.75) is 52.3 Å². The monoisotopic (exact) mass is 518 g/mol. The first-order valence-electron chi connectivity index (χ1n) is 9.98. The van der Waals surface area contributed by atoms with E-state index in [4.69, 9.17) is 14.5 Å². The Balaban J connectivity index is 0.00000420. The largest absolute Gasteiger partial charge is 0.488 e. The second kappa shape index (κ2) is 12.9. The lowest BCUT2D eigenvalue weighted by Gasteiger charge is -2.19. The predicted octanol–water partition coefficient (Wildman–Crippen LogP) is 2.70. The molecule has 1 saturated heterocycles. The number of amides is 1. The molecular weight excluding hydrogens is 483 g/mol. The maximum Gasteiger partial charge on any atom is 0.241 e. The van der Waals surface area contributed by atoms with Crippen LogP contribution >= 0.6 is 24.0 Å². The van der Waals surface area contributed by atoms with E-state index in [1.54, 1.807) is 19.0 Å². The number of hydrogen-bond acceptors (Lipinski definition) is 4. The normalized spacial score (nSPS) is 17.3. The van der Waals surface area contributed by atoms with Gasteiger partial charge in [-0.05, 0) is 31.9 Å². The number of aliphatic imine (C=N–C) groups is 1. The third kappa shape index (κ3) is 8.77. The molecule has 0 spiro atoms. The molecule has 0 aliphatic carbocycles. The van der Waals surface area contributed by atoms with Crippen LogP contribution in [-0.4, -0.2) is 62.8 Å². The highest BCUT2D eigenvalue weighted by Crippen LogP contribution is 2.24. The Morgan fingerprint density at radius 2 is 2.17 bits per heavy atom. The third-order valence-corrected chi connectivity index (χ3v) is 4.71. The second-order valence-corrected chi connectivity index (χ2v) is 7.47. The number of hydrogen-bond donors (Lipinski definition) is 2. The fraction of sp³-hybridized carbons (Fsp3) is 0.619. The highest BCUT2D eigenvalue weighted by molar-refractivity contribution is 14.0. The zero-order chi connectivity index (χ0) is 20.5. The van der Waals surface area contributed by atoms with Crippen molar-refractivity contribution in [3.8, 4) is 5.75 Å². The lowest BCUT2D eigenvalue weighted by atomic mass is 10.1. The Hall–Kier alpha value is -1.55. The number of halogens is 1. The summed E-state index contributed by atoms with van der Waals surface area (Å²) in [4.78, 5) is 18.2. The van der Waals surface area contributed by atoms with Gasteiger partial charge in [0.2, 0.25) is 5.91 Å². The van der Waals surface area contributed by atoms with Crippen LogP contribution in [0.3, 0.4) is 0 Å². The SMILES string of the molecule is CCC(C)NC(=NCc1ccc(C)cc1OC1CCOC1)NCC(=O)N(C)C.I. The average Bonchev–Trinajstić information content (AvgIpc) is 3.17. The number of aryl methyl sites for hydroxylation is 1. The van der Waals surface area contributed by atoms with Crippen LogP contribution in [0, 0.1) is 6.92 Å². The van der Waals surface area contributed by atoms with E-state index in [0.29, 0.717) is 19.1 Å². The van der Waals surface area contributed by atoms with Gasteiger partial charge in [-0.15, -0.1) is 24.0 Å². The molecule has 1 aliphatic rings. The van der Waals surface area contributed by atoms with Crippen molar-refractivity contribution in [1.29, 1.82) is 0 Å². The van der Waals surface area contributed by atoms with Crippen molar-refractivity contribution in [3.05, 3.63) is 29.3 Å². The molecule has 1 aromatic carbocycles. The maximum atomic E-state index is 11.9. The summed E-state index contributed by atoms with van der Waals surface area (Å²) >= 11 is 0. The van der Waals surface area contributed by atoms with Crippen LogP contribution in [0.1, 0.15) is 37.8 Å². The summed E-state index contributed by atoms with van der Waals surface area (Å²) in [5.74, 6) is 1.48. The number of rotatable bonds is 8. The molecule has 2 rings (SSSR count). The van der Waals surface area contributed by atoms with Gasteiger partial charge >= 0.3 is 0 Å². The van der Waals surface area contributed by atoms with Crippen LogP contribution < -0.4 is 15.4 Å². The first kappa shape index (κ1) is 25.5. The Labute approximate surface area is 191 Å². The van der Waals surface area contributed by atoms with Crippen LogP contribution in [0.5, 0.6) is 5.75 Å². The standard InChI is InChI=1S/C21H34N4O3.HI/c1-6-16(3)24-21(23-13-20(26)25(4)5)22-12-17-8-7-15(2)11-19(17)28-18-9-10-27-14-18;/h7-8,11,16,18H,6,9-10,12-14H2,1-5H3,(H2,22,23,24);1H. The van der Waals surface area contributed by atoms with Gasteiger partial charge in [0.15, 0.2) is 5.96 Å². The number of benzene rings is 1. The van der Waals surface area contributed by atoms with E-state index in [1.165, 1.54) is 0 Å². The van der Waals surface area contributed by atoms with Crippen LogP contribution in [-0.2, 0) is 16.1 Å². The Kier molecular flexibility index (Phi) is 11.3. The summed E-state index contributed by atoms with van der Waals surface area (Å²) in [5, 5.41) is 6.47. The van der Waals surface area contributed by atoms with Gasteiger partial charge in [0.05, 0.1) is 26.3 Å². The molecule has 1 aromatic rings. The van der Waals surface area contributed by atoms with Gasteiger partial charge in [-0.25, -0.2) is 4.99 Å². The van der Waals surface area contributed by atoms with E-state index in [9.17, 15) is 4.79 Å². The van der Waals surface area contributed by atoms with Crippen molar-refractivity contribution in [1.82, 2.24) is 15.5 Å². The molecule has 8 heteroatoms. The third-order valence-electron chi connectivity index (χ3n) is 4.71. The molecule has 1 fully saturated rings. The molecule has 0 bridgehead atoms. The first-order chi connectivity index (χ1) is 13.4. The molecule has 0 saturated carbocycles. The minimum atomic E-state index is -0.000701. The molecule has 7 nitrogen and oxygen atoms in total. The van der Waals surface area contributed by atoms with E-state index in [1.807, 2.05) is 6.07 Å². The number of guanidine groups is 1. The minimum Gasteiger partial charge on any atom is -0.488 e. The van der Waals surface area contributed by atoms with Gasteiger partial charge in [0.1, 0.15) is 11.9 Å². The first-order valence-corrected chi connectivity index (χ1v) is 9.98. The average molecular weight is 518 g/mol. The van der Waals surface area contributed by atoms with Gasteiger partial charge in [-0.3, -0.25) is 4.79 Å². The Bertz CT molecular complexity index is 676. The Morgan fingerprint density at radius 1 is 1.41 bits per heavy atom. The van der Waals surface area contributed by atoms with E-state index < -0.39 is 0 Å². The minimum absolute atomic E-state index is 0. The lowest BCUT2D eigenvalue weighted by molar-refractivity contribution is -0.127. The number of nitrogens with zero attached hydrogens (tertiary/aromatic N) is 2. The van der Waals surface area contributed by atoms with Gasteiger partial charge in [-0.2, -0.15) is 0 Å². The number of nitrogens with one attached hydrogen (secondary N) is 2. The predicted molar refractivity (Wildman–Crippen MR) is 127 cm³/mol. The zero-order valence-electron chi connectivity index (χ0n) is 18.2. The number of carbonyl (C=O) groups excluding carboxylic acids is 1. The summed E-state index contributed by atoms with van der Waals surface area (Å²) in [5.41, 5.74) is 2.16. The summed E-state index contributed by atoms with van der Waals surface area (Å²) in [6.45, 7) is 8.29. The summed E-state index contributed by atoms with van der Waals surface area (Å²) in [6.07, 6.45) is 1.97. The molecule has 164 valence electrons. The summed E-state index contributed by atoms with van der Waals surface area (Å²) in [6, 6.07) is 6.42. The number of ether oxygens (including phenoxy) is 2. The summed E-state index contributed by atoms with van der Waals surface area (Å²) in [7, 11) is 3.48. The van der Waals surface area contributed by atoms with Crippen molar-refractivity contribution in [2.24, 2.45) is 4.99 Å². The maximum absolute atomic E-state index is 11.9. The molecule has 2 unspecified atom stereocenters.